The zero-order valence-corrected chi connectivity index (χ0v) is 27.6. The zero-order chi connectivity index (χ0) is 32.6. The molecule has 0 saturated heterocycles. The maximum atomic E-state index is 14.2. The van der Waals surface area contributed by atoms with E-state index in [0.29, 0.717) is 33.7 Å². The van der Waals surface area contributed by atoms with Crippen molar-refractivity contribution in [1.82, 2.24) is 10.2 Å². The molecule has 0 spiro atoms. The van der Waals surface area contributed by atoms with Gasteiger partial charge in [0.05, 0.1) is 10.6 Å². The van der Waals surface area contributed by atoms with Gasteiger partial charge in [0.25, 0.3) is 10.0 Å². The molecule has 0 aliphatic carbocycles. The van der Waals surface area contributed by atoms with Crippen LogP contribution in [0.3, 0.4) is 0 Å². The number of likely N-dealkylation sites (N-methyl/N-ethyl adjacent to an activating group) is 1. The maximum absolute atomic E-state index is 14.2. The van der Waals surface area contributed by atoms with Crippen LogP contribution in [0.2, 0.25) is 10.0 Å². The number of carbonyl (C=O) groups is 2. The summed E-state index contributed by atoms with van der Waals surface area (Å²) in [5.74, 6) is 0.131. The molecule has 0 aliphatic heterocycles. The number of aryl methyl sites for hydroxylation is 1. The Morgan fingerprint density at radius 3 is 2.00 bits per heavy atom. The molecule has 4 rings (SSSR count). The van der Waals surface area contributed by atoms with E-state index < -0.39 is 28.5 Å². The number of ether oxygens (including phenoxy) is 1. The Balaban J connectivity index is 1.75. The van der Waals surface area contributed by atoms with Crippen LogP contribution in [0.4, 0.5) is 5.69 Å². The van der Waals surface area contributed by atoms with E-state index >= 15 is 0 Å². The SMILES string of the molecule is CCNC(=O)[C@H](CC)N(Cc1c(Cl)cccc1Cl)C(=O)CN(c1ccc(Oc2ccccc2)cc1)S(=O)(=O)c1ccc(C)cc1. The summed E-state index contributed by atoms with van der Waals surface area (Å²) in [5, 5.41) is 3.42. The average molecular weight is 669 g/mol. The van der Waals surface area contributed by atoms with Crippen molar-refractivity contribution < 1.29 is 22.7 Å². The van der Waals surface area contributed by atoms with E-state index in [-0.39, 0.29) is 29.5 Å². The van der Waals surface area contributed by atoms with Gasteiger partial charge < -0.3 is 15.0 Å². The van der Waals surface area contributed by atoms with E-state index in [2.05, 4.69) is 5.32 Å². The zero-order valence-electron chi connectivity index (χ0n) is 25.2. The Morgan fingerprint density at radius 1 is 0.822 bits per heavy atom. The minimum Gasteiger partial charge on any atom is -0.457 e. The predicted molar refractivity (Wildman–Crippen MR) is 178 cm³/mol. The third-order valence-electron chi connectivity index (χ3n) is 7.12. The van der Waals surface area contributed by atoms with Crippen LogP contribution in [0, 0.1) is 6.92 Å². The van der Waals surface area contributed by atoms with Gasteiger partial charge in [-0.3, -0.25) is 13.9 Å². The Hall–Kier alpha value is -4.05. The first kappa shape index (κ1) is 33.8. The molecule has 0 aliphatic rings. The minimum absolute atomic E-state index is 0.0157. The molecular weight excluding hydrogens is 633 g/mol. The summed E-state index contributed by atoms with van der Waals surface area (Å²) in [6.45, 7) is 5.08. The molecule has 236 valence electrons. The quantitative estimate of drug-likeness (QED) is 0.162. The largest absolute Gasteiger partial charge is 0.457 e. The minimum atomic E-state index is -4.23. The average Bonchev–Trinajstić information content (AvgIpc) is 3.02. The van der Waals surface area contributed by atoms with Crippen LogP contribution >= 0.6 is 23.2 Å². The first-order valence-corrected chi connectivity index (χ1v) is 16.7. The molecule has 11 heteroatoms. The topological polar surface area (TPSA) is 96.0 Å². The van der Waals surface area contributed by atoms with Gasteiger partial charge in [-0.25, -0.2) is 8.42 Å². The van der Waals surface area contributed by atoms with Gasteiger partial charge in [0.15, 0.2) is 0 Å². The Kier molecular flexibility index (Phi) is 11.5. The van der Waals surface area contributed by atoms with Crippen molar-refractivity contribution in [2.45, 2.75) is 44.7 Å². The van der Waals surface area contributed by atoms with Crippen molar-refractivity contribution in [2.24, 2.45) is 0 Å². The molecule has 0 unspecified atom stereocenters. The number of anilines is 1. The molecule has 0 saturated carbocycles. The van der Waals surface area contributed by atoms with Crippen molar-refractivity contribution in [1.29, 1.82) is 0 Å². The second-order valence-corrected chi connectivity index (χ2v) is 13.0. The van der Waals surface area contributed by atoms with Crippen molar-refractivity contribution in [3.63, 3.8) is 0 Å². The van der Waals surface area contributed by atoms with Crippen molar-refractivity contribution >= 4 is 50.7 Å². The number of para-hydroxylation sites is 1. The summed E-state index contributed by atoms with van der Waals surface area (Å²) >= 11 is 12.9. The summed E-state index contributed by atoms with van der Waals surface area (Å²) < 4.78 is 35.2. The number of sulfonamides is 1. The van der Waals surface area contributed by atoms with Gasteiger partial charge >= 0.3 is 0 Å². The van der Waals surface area contributed by atoms with E-state index in [1.54, 1.807) is 80.6 Å². The normalized spacial score (nSPS) is 11.8. The van der Waals surface area contributed by atoms with E-state index in [9.17, 15) is 18.0 Å². The number of amides is 2. The fourth-order valence-corrected chi connectivity index (χ4v) is 6.67. The van der Waals surface area contributed by atoms with Crippen LogP contribution < -0.4 is 14.4 Å². The second kappa shape index (κ2) is 15.3. The highest BCUT2D eigenvalue weighted by Gasteiger charge is 2.34. The number of carbonyl (C=O) groups excluding carboxylic acids is 2. The van der Waals surface area contributed by atoms with Crippen LogP contribution in [-0.2, 0) is 26.2 Å². The maximum Gasteiger partial charge on any atom is 0.264 e. The molecule has 0 heterocycles. The molecule has 0 radical (unpaired) electrons. The number of hydrogen-bond acceptors (Lipinski definition) is 5. The van der Waals surface area contributed by atoms with E-state index in [4.69, 9.17) is 27.9 Å². The second-order valence-electron chi connectivity index (χ2n) is 10.3. The molecule has 45 heavy (non-hydrogen) atoms. The highest BCUT2D eigenvalue weighted by molar-refractivity contribution is 7.92. The Labute approximate surface area is 274 Å². The third kappa shape index (κ3) is 8.36. The lowest BCUT2D eigenvalue weighted by atomic mass is 10.1. The number of halogens is 2. The lowest BCUT2D eigenvalue weighted by Crippen LogP contribution is -2.52. The monoisotopic (exact) mass is 667 g/mol. The molecule has 0 fully saturated rings. The summed E-state index contributed by atoms with van der Waals surface area (Å²) in [7, 11) is -4.23. The summed E-state index contributed by atoms with van der Waals surface area (Å²) in [5.41, 5.74) is 1.58. The highest BCUT2D eigenvalue weighted by Crippen LogP contribution is 2.30. The van der Waals surface area contributed by atoms with Gasteiger partial charge in [0.2, 0.25) is 11.8 Å². The Bertz CT molecular complexity index is 1700. The molecule has 4 aromatic rings. The molecule has 4 aromatic carbocycles. The number of hydrogen-bond donors (Lipinski definition) is 1. The van der Waals surface area contributed by atoms with Gasteiger partial charge in [-0.1, -0.05) is 72.1 Å². The van der Waals surface area contributed by atoms with Gasteiger partial charge in [-0.05, 0) is 80.9 Å². The fraction of sp³-hybridized carbons (Fsp3) is 0.235. The molecular formula is C34H35Cl2N3O5S. The number of benzene rings is 4. The standard InChI is InChI=1S/C34H35Cl2N3O5S/c1-4-32(34(41)37-5-2)38(22-29-30(35)12-9-13-31(29)36)33(40)23-39(45(42,43)28-20-14-24(3)15-21-28)25-16-18-27(19-17-25)44-26-10-7-6-8-11-26/h6-21,32H,4-5,22-23H2,1-3H3,(H,37,41)/t32-/m0/s1. The third-order valence-corrected chi connectivity index (χ3v) is 9.61. The molecule has 8 nitrogen and oxygen atoms in total. The van der Waals surface area contributed by atoms with Crippen molar-refractivity contribution in [2.75, 3.05) is 17.4 Å². The number of nitrogens with zero attached hydrogens (tertiary/aromatic N) is 2. The van der Waals surface area contributed by atoms with E-state index in [0.717, 1.165) is 9.87 Å². The van der Waals surface area contributed by atoms with Crippen molar-refractivity contribution in [3.05, 3.63) is 118 Å². The number of rotatable bonds is 13. The summed E-state index contributed by atoms with van der Waals surface area (Å²) in [4.78, 5) is 28.7. The summed E-state index contributed by atoms with van der Waals surface area (Å²) in [6.07, 6.45) is 0.274. The molecule has 2 amide bonds. The van der Waals surface area contributed by atoms with E-state index in [1.165, 1.54) is 17.0 Å². The molecule has 0 bridgehead atoms. The van der Waals surface area contributed by atoms with Crippen LogP contribution in [0.15, 0.2) is 102 Å². The van der Waals surface area contributed by atoms with Gasteiger partial charge in [0.1, 0.15) is 24.1 Å². The van der Waals surface area contributed by atoms with Gasteiger partial charge in [0, 0.05) is 28.7 Å². The number of nitrogens with one attached hydrogen (secondary N) is 1. The van der Waals surface area contributed by atoms with Crippen LogP contribution in [0.1, 0.15) is 31.4 Å². The van der Waals surface area contributed by atoms with E-state index in [1.807, 2.05) is 25.1 Å². The fourth-order valence-electron chi connectivity index (χ4n) is 4.74. The molecule has 1 atom stereocenters. The lowest BCUT2D eigenvalue weighted by Gasteiger charge is -2.33. The Morgan fingerprint density at radius 2 is 1.42 bits per heavy atom. The molecule has 0 aromatic heterocycles. The van der Waals surface area contributed by atoms with Gasteiger partial charge in [-0.2, -0.15) is 0 Å². The first-order valence-electron chi connectivity index (χ1n) is 14.5. The first-order chi connectivity index (χ1) is 21.5. The van der Waals surface area contributed by atoms with Crippen LogP contribution in [-0.4, -0.2) is 44.3 Å². The van der Waals surface area contributed by atoms with Crippen LogP contribution in [0.5, 0.6) is 11.5 Å². The van der Waals surface area contributed by atoms with Crippen LogP contribution in [0.25, 0.3) is 0 Å². The highest BCUT2D eigenvalue weighted by atomic mass is 35.5. The predicted octanol–water partition coefficient (Wildman–Crippen LogP) is 7.23. The van der Waals surface area contributed by atoms with Gasteiger partial charge in [-0.15, -0.1) is 0 Å². The smallest absolute Gasteiger partial charge is 0.264 e. The summed E-state index contributed by atoms with van der Waals surface area (Å²) in [6, 6.07) is 26.0. The molecule has 1 N–H and O–H groups in total. The lowest BCUT2D eigenvalue weighted by molar-refractivity contribution is -0.140. The van der Waals surface area contributed by atoms with Crippen molar-refractivity contribution in [3.8, 4) is 11.5 Å².